The maximum absolute atomic E-state index is 13.2. The molecule has 0 aliphatic carbocycles. The van der Waals surface area contributed by atoms with Crippen LogP contribution >= 0.6 is 0 Å². The fourth-order valence-electron chi connectivity index (χ4n) is 2.76. The lowest BCUT2D eigenvalue weighted by Crippen LogP contribution is -2.39. The van der Waals surface area contributed by atoms with E-state index in [0.29, 0.717) is 25.9 Å². The van der Waals surface area contributed by atoms with Crippen molar-refractivity contribution in [3.63, 3.8) is 0 Å². The van der Waals surface area contributed by atoms with Gasteiger partial charge in [-0.1, -0.05) is 12.1 Å². The molecule has 1 heterocycles. The molecule has 122 valence electrons. The molecule has 0 aromatic heterocycles. The maximum atomic E-state index is 13.2. The van der Waals surface area contributed by atoms with Crippen molar-refractivity contribution in [3.05, 3.63) is 35.6 Å². The molecule has 1 aliphatic heterocycles. The third kappa shape index (κ3) is 4.51. The number of nitrogens with zero attached hydrogens (tertiary/aromatic N) is 1. The number of hydrogen-bond donors (Lipinski definition) is 1. The Bertz CT molecular complexity index is 624. The van der Waals surface area contributed by atoms with Crippen molar-refractivity contribution in [1.82, 2.24) is 4.31 Å². The first-order valence-electron chi connectivity index (χ1n) is 7.33. The average Bonchev–Trinajstić information content (AvgIpc) is 2.47. The Labute approximate surface area is 129 Å². The Kier molecular flexibility index (Phi) is 5.52. The summed E-state index contributed by atoms with van der Waals surface area (Å²) >= 11 is 0. The van der Waals surface area contributed by atoms with Crippen LogP contribution in [-0.4, -0.2) is 42.6 Å². The summed E-state index contributed by atoms with van der Waals surface area (Å²) in [6.45, 7) is 0.799. The number of aliphatic carboxylic acids is 1. The quantitative estimate of drug-likeness (QED) is 0.868. The van der Waals surface area contributed by atoms with Gasteiger partial charge in [-0.15, -0.1) is 0 Å². The van der Waals surface area contributed by atoms with E-state index in [1.54, 1.807) is 6.07 Å². The van der Waals surface area contributed by atoms with Crippen molar-refractivity contribution in [2.75, 3.05) is 18.8 Å². The van der Waals surface area contributed by atoms with Gasteiger partial charge in [-0.2, -0.15) is 0 Å². The van der Waals surface area contributed by atoms with Gasteiger partial charge >= 0.3 is 5.97 Å². The molecule has 0 atom stereocenters. The van der Waals surface area contributed by atoms with Gasteiger partial charge in [0.1, 0.15) is 5.82 Å². The highest BCUT2D eigenvalue weighted by Gasteiger charge is 2.28. The van der Waals surface area contributed by atoms with E-state index in [9.17, 15) is 17.6 Å². The first-order chi connectivity index (χ1) is 10.4. The van der Waals surface area contributed by atoms with Crippen LogP contribution in [0.3, 0.4) is 0 Å². The lowest BCUT2D eigenvalue weighted by atomic mass is 9.90. The summed E-state index contributed by atoms with van der Waals surface area (Å²) in [5.74, 6) is -1.23. The first-order valence-corrected chi connectivity index (χ1v) is 8.94. The summed E-state index contributed by atoms with van der Waals surface area (Å²) in [4.78, 5) is 10.4. The minimum absolute atomic E-state index is 0.126. The summed E-state index contributed by atoms with van der Waals surface area (Å²) in [6.07, 6.45) is 1.30. The van der Waals surface area contributed by atoms with E-state index in [-0.39, 0.29) is 30.3 Å². The Morgan fingerprint density at radius 2 is 2.00 bits per heavy atom. The van der Waals surface area contributed by atoms with Crippen molar-refractivity contribution in [1.29, 1.82) is 0 Å². The van der Waals surface area contributed by atoms with E-state index in [1.807, 2.05) is 6.07 Å². The summed E-state index contributed by atoms with van der Waals surface area (Å²) in [7, 11) is -3.40. The molecule has 0 amide bonds. The zero-order valence-electron chi connectivity index (χ0n) is 12.2. The minimum atomic E-state index is -3.40. The van der Waals surface area contributed by atoms with E-state index < -0.39 is 16.0 Å². The van der Waals surface area contributed by atoms with Crippen molar-refractivity contribution in [2.24, 2.45) is 0 Å². The fourth-order valence-corrected chi connectivity index (χ4v) is 4.30. The zero-order chi connectivity index (χ0) is 16.2. The maximum Gasteiger partial charge on any atom is 0.303 e. The van der Waals surface area contributed by atoms with Crippen molar-refractivity contribution >= 4 is 16.0 Å². The van der Waals surface area contributed by atoms with Crippen LogP contribution in [0.1, 0.15) is 37.2 Å². The highest BCUT2D eigenvalue weighted by molar-refractivity contribution is 7.89. The summed E-state index contributed by atoms with van der Waals surface area (Å²) in [5.41, 5.74) is 0.905. The normalized spacial score (nSPS) is 17.5. The van der Waals surface area contributed by atoms with E-state index in [0.717, 1.165) is 5.56 Å². The first kappa shape index (κ1) is 16.9. The number of hydrogen-bond acceptors (Lipinski definition) is 3. The second-order valence-electron chi connectivity index (χ2n) is 5.54. The van der Waals surface area contributed by atoms with Gasteiger partial charge in [0.25, 0.3) is 0 Å². The minimum Gasteiger partial charge on any atom is -0.481 e. The molecule has 0 saturated carbocycles. The van der Waals surface area contributed by atoms with E-state index in [4.69, 9.17) is 5.11 Å². The smallest absolute Gasteiger partial charge is 0.303 e. The van der Waals surface area contributed by atoms with Crippen molar-refractivity contribution in [3.8, 4) is 0 Å². The van der Waals surface area contributed by atoms with Gasteiger partial charge in [-0.05, 0) is 42.9 Å². The topological polar surface area (TPSA) is 74.7 Å². The van der Waals surface area contributed by atoms with Gasteiger partial charge in [0, 0.05) is 19.5 Å². The monoisotopic (exact) mass is 329 g/mol. The van der Waals surface area contributed by atoms with Crippen LogP contribution in [-0.2, 0) is 14.8 Å². The van der Waals surface area contributed by atoms with Gasteiger partial charge in [0.2, 0.25) is 10.0 Å². The third-order valence-electron chi connectivity index (χ3n) is 3.96. The number of piperidine rings is 1. The van der Waals surface area contributed by atoms with E-state index in [1.165, 1.54) is 16.4 Å². The summed E-state index contributed by atoms with van der Waals surface area (Å²) in [6, 6.07) is 6.43. The van der Waals surface area contributed by atoms with Gasteiger partial charge < -0.3 is 5.11 Å². The molecule has 1 saturated heterocycles. The van der Waals surface area contributed by atoms with Crippen molar-refractivity contribution in [2.45, 2.75) is 31.6 Å². The molecule has 22 heavy (non-hydrogen) atoms. The number of benzene rings is 1. The number of carbonyl (C=O) groups is 1. The number of rotatable bonds is 6. The summed E-state index contributed by atoms with van der Waals surface area (Å²) in [5, 5.41) is 8.56. The molecule has 2 rings (SSSR count). The molecule has 0 spiro atoms. The molecule has 0 bridgehead atoms. The Morgan fingerprint density at radius 1 is 1.32 bits per heavy atom. The Morgan fingerprint density at radius 3 is 2.59 bits per heavy atom. The molecular formula is C15H20FNO4S. The molecule has 5 nitrogen and oxygen atoms in total. The molecule has 1 aromatic carbocycles. The SMILES string of the molecule is O=C(O)CCCS(=O)(=O)N1CCC(c2cccc(F)c2)CC1. The molecule has 7 heteroatoms. The number of sulfonamides is 1. The van der Waals surface area contributed by atoms with Crippen LogP contribution in [0.15, 0.2) is 24.3 Å². The molecular weight excluding hydrogens is 309 g/mol. The van der Waals surface area contributed by atoms with Crippen LogP contribution < -0.4 is 0 Å². The largest absolute Gasteiger partial charge is 0.481 e. The fraction of sp³-hybridized carbons (Fsp3) is 0.533. The molecule has 1 N–H and O–H groups in total. The molecule has 1 aromatic rings. The number of carboxylic acids is 1. The third-order valence-corrected chi connectivity index (χ3v) is 5.92. The van der Waals surface area contributed by atoms with Gasteiger partial charge in [-0.25, -0.2) is 17.1 Å². The van der Waals surface area contributed by atoms with Gasteiger partial charge in [0.05, 0.1) is 5.75 Å². The lowest BCUT2D eigenvalue weighted by Gasteiger charge is -2.31. The van der Waals surface area contributed by atoms with E-state index >= 15 is 0 Å². The number of carboxylic acid groups (broad SMARTS) is 1. The van der Waals surface area contributed by atoms with Crippen LogP contribution in [0.5, 0.6) is 0 Å². The van der Waals surface area contributed by atoms with Crippen LogP contribution in [0.25, 0.3) is 0 Å². The molecule has 1 fully saturated rings. The molecule has 0 radical (unpaired) electrons. The van der Waals surface area contributed by atoms with Gasteiger partial charge in [0.15, 0.2) is 0 Å². The van der Waals surface area contributed by atoms with Crippen LogP contribution in [0.2, 0.25) is 0 Å². The standard InChI is InChI=1S/C15H20FNO4S/c16-14-4-1-3-13(11-14)12-6-8-17(9-7-12)22(20,21)10-2-5-15(18)19/h1,3-4,11-12H,2,5-10H2,(H,18,19). The predicted octanol–water partition coefficient (Wildman–Crippen LogP) is 2.20. The highest BCUT2D eigenvalue weighted by Crippen LogP contribution is 2.29. The van der Waals surface area contributed by atoms with E-state index in [2.05, 4.69) is 0 Å². The lowest BCUT2D eigenvalue weighted by molar-refractivity contribution is -0.137. The highest BCUT2D eigenvalue weighted by atomic mass is 32.2. The van der Waals surface area contributed by atoms with Gasteiger partial charge in [-0.3, -0.25) is 4.79 Å². The second kappa shape index (κ2) is 7.19. The second-order valence-corrected chi connectivity index (χ2v) is 7.63. The molecule has 1 aliphatic rings. The van der Waals surface area contributed by atoms with Crippen LogP contribution in [0, 0.1) is 5.82 Å². The summed E-state index contributed by atoms with van der Waals surface area (Å²) < 4.78 is 38.9. The predicted molar refractivity (Wildman–Crippen MR) is 80.6 cm³/mol. The van der Waals surface area contributed by atoms with Crippen LogP contribution in [0.4, 0.5) is 4.39 Å². The zero-order valence-corrected chi connectivity index (χ0v) is 13.1. The van der Waals surface area contributed by atoms with Crippen molar-refractivity contribution < 1.29 is 22.7 Å². The Balaban J connectivity index is 1.90. The Hall–Kier alpha value is -1.47. The molecule has 0 unspecified atom stereocenters. The average molecular weight is 329 g/mol. The number of halogens is 1.